The third kappa shape index (κ3) is 4.76. The summed E-state index contributed by atoms with van der Waals surface area (Å²) in [5.74, 6) is 0. The number of carbonyl (C=O) groups is 1. The smallest absolute Gasteiger partial charge is 0.319 e. The third-order valence-electron chi connectivity index (χ3n) is 4.63. The number of urea groups is 1. The van der Waals surface area contributed by atoms with Crippen molar-refractivity contribution in [3.05, 3.63) is 48.8 Å². The zero-order valence-corrected chi connectivity index (χ0v) is 14.8. The molecule has 1 aliphatic heterocycles. The van der Waals surface area contributed by atoms with Crippen LogP contribution in [0, 0.1) is 0 Å². The molecule has 1 aromatic carbocycles. The molecule has 0 bridgehead atoms. The van der Waals surface area contributed by atoms with Crippen LogP contribution in [-0.4, -0.2) is 54.8 Å². The van der Waals surface area contributed by atoms with E-state index >= 15 is 0 Å². The lowest BCUT2D eigenvalue weighted by Gasteiger charge is -2.36. The van der Waals surface area contributed by atoms with Gasteiger partial charge in [0.2, 0.25) is 0 Å². The molecule has 2 N–H and O–H groups in total. The second kappa shape index (κ2) is 8.58. The lowest BCUT2D eigenvalue weighted by atomic mass is 10.2. The molecule has 2 amide bonds. The van der Waals surface area contributed by atoms with Crippen LogP contribution >= 0.6 is 0 Å². The molecule has 0 unspecified atom stereocenters. The predicted molar refractivity (Wildman–Crippen MR) is 102 cm³/mol. The number of nitrogens with one attached hydrogen (secondary N) is 2. The van der Waals surface area contributed by atoms with Crippen LogP contribution < -0.4 is 15.5 Å². The Morgan fingerprint density at radius 2 is 1.76 bits per heavy atom. The molecule has 1 aromatic heterocycles. The largest absolute Gasteiger partial charge is 0.367 e. The molecule has 134 valence electrons. The maximum atomic E-state index is 12.2. The Labute approximate surface area is 149 Å². The fourth-order valence-electron chi connectivity index (χ4n) is 3.14. The number of nitrogens with zero attached hydrogens (tertiary/aromatic N) is 3. The van der Waals surface area contributed by atoms with E-state index in [0.29, 0.717) is 6.54 Å². The van der Waals surface area contributed by atoms with E-state index in [0.717, 1.165) is 50.6 Å². The van der Waals surface area contributed by atoms with Gasteiger partial charge in [-0.05, 0) is 30.8 Å². The van der Waals surface area contributed by atoms with Crippen LogP contribution in [-0.2, 0) is 6.54 Å². The van der Waals surface area contributed by atoms with E-state index in [-0.39, 0.29) is 6.03 Å². The predicted octanol–water partition coefficient (Wildman–Crippen LogP) is 2.45. The topological polar surface area (TPSA) is 52.5 Å². The van der Waals surface area contributed by atoms with E-state index in [1.807, 2.05) is 47.3 Å². The Bertz CT molecular complexity index is 662. The first kappa shape index (κ1) is 17.4. The van der Waals surface area contributed by atoms with E-state index in [1.165, 1.54) is 0 Å². The lowest BCUT2D eigenvalue weighted by Crippen LogP contribution is -2.46. The average molecular weight is 341 g/mol. The highest BCUT2D eigenvalue weighted by Crippen LogP contribution is 2.26. The zero-order chi connectivity index (χ0) is 17.5. The van der Waals surface area contributed by atoms with Crippen LogP contribution in [0.3, 0.4) is 0 Å². The van der Waals surface area contributed by atoms with Gasteiger partial charge in [-0.3, -0.25) is 0 Å². The molecule has 0 aliphatic carbocycles. The Morgan fingerprint density at radius 3 is 2.48 bits per heavy atom. The fraction of sp³-hybridized carbons (Fsp3) is 0.421. The van der Waals surface area contributed by atoms with Gasteiger partial charge in [0.25, 0.3) is 0 Å². The first-order chi connectivity index (χ1) is 12.3. The van der Waals surface area contributed by atoms with Crippen LogP contribution in [0.15, 0.2) is 48.8 Å². The second-order valence-corrected chi connectivity index (χ2v) is 6.24. The highest BCUT2D eigenvalue weighted by atomic mass is 16.2. The average Bonchev–Trinajstić information content (AvgIpc) is 3.16. The summed E-state index contributed by atoms with van der Waals surface area (Å²) in [7, 11) is 0. The Balaban J connectivity index is 1.54. The van der Waals surface area contributed by atoms with Crippen LogP contribution in [0.5, 0.6) is 0 Å². The van der Waals surface area contributed by atoms with E-state index in [9.17, 15) is 4.79 Å². The summed E-state index contributed by atoms with van der Waals surface area (Å²) < 4.78 is 2.04. The molecule has 0 atom stereocenters. The molecule has 1 fully saturated rings. The minimum atomic E-state index is -0.160. The number of likely N-dealkylation sites (N-methyl/N-ethyl adjacent to an activating group) is 1. The van der Waals surface area contributed by atoms with Gasteiger partial charge in [0, 0.05) is 51.7 Å². The molecule has 3 rings (SSSR count). The van der Waals surface area contributed by atoms with Gasteiger partial charge in [-0.1, -0.05) is 19.1 Å². The first-order valence-corrected chi connectivity index (χ1v) is 8.98. The summed E-state index contributed by atoms with van der Waals surface area (Å²) >= 11 is 0. The van der Waals surface area contributed by atoms with Gasteiger partial charge in [0.05, 0.1) is 11.4 Å². The number of anilines is 2. The van der Waals surface area contributed by atoms with Crippen molar-refractivity contribution in [1.82, 2.24) is 14.8 Å². The first-order valence-electron chi connectivity index (χ1n) is 8.98. The van der Waals surface area contributed by atoms with Crippen molar-refractivity contribution < 1.29 is 4.79 Å². The van der Waals surface area contributed by atoms with E-state index in [4.69, 9.17) is 0 Å². The minimum Gasteiger partial charge on any atom is -0.367 e. The monoisotopic (exact) mass is 341 g/mol. The van der Waals surface area contributed by atoms with Crippen molar-refractivity contribution in [2.45, 2.75) is 13.5 Å². The van der Waals surface area contributed by atoms with Gasteiger partial charge in [0.15, 0.2) is 0 Å². The number of para-hydroxylation sites is 2. The van der Waals surface area contributed by atoms with Gasteiger partial charge < -0.3 is 25.0 Å². The molecule has 0 radical (unpaired) electrons. The van der Waals surface area contributed by atoms with Crippen molar-refractivity contribution in [2.24, 2.45) is 0 Å². The molecular formula is C19H27N5O. The number of carbonyl (C=O) groups excluding carboxylic acids is 1. The van der Waals surface area contributed by atoms with Gasteiger partial charge in [0.1, 0.15) is 0 Å². The molecule has 6 nitrogen and oxygen atoms in total. The highest BCUT2D eigenvalue weighted by Gasteiger charge is 2.18. The van der Waals surface area contributed by atoms with Crippen LogP contribution in [0.1, 0.15) is 6.92 Å². The van der Waals surface area contributed by atoms with E-state index in [1.54, 1.807) is 0 Å². The van der Waals surface area contributed by atoms with E-state index in [2.05, 4.69) is 33.4 Å². The summed E-state index contributed by atoms with van der Waals surface area (Å²) in [4.78, 5) is 17.0. The highest BCUT2D eigenvalue weighted by molar-refractivity contribution is 5.93. The number of piperazine rings is 1. The number of hydrogen-bond donors (Lipinski definition) is 2. The summed E-state index contributed by atoms with van der Waals surface area (Å²) in [6.45, 7) is 8.75. The van der Waals surface area contributed by atoms with Crippen LogP contribution in [0.4, 0.5) is 16.2 Å². The molecule has 1 aliphatic rings. The molecule has 25 heavy (non-hydrogen) atoms. The van der Waals surface area contributed by atoms with Crippen LogP contribution in [0.2, 0.25) is 0 Å². The summed E-state index contributed by atoms with van der Waals surface area (Å²) in [6, 6.07) is 11.8. The fourth-order valence-corrected chi connectivity index (χ4v) is 3.14. The maximum Gasteiger partial charge on any atom is 0.319 e. The second-order valence-electron chi connectivity index (χ2n) is 6.24. The third-order valence-corrected chi connectivity index (χ3v) is 4.63. The molecule has 1 saturated heterocycles. The maximum absolute atomic E-state index is 12.2. The van der Waals surface area contributed by atoms with Crippen molar-refractivity contribution in [2.75, 3.05) is 49.5 Å². The van der Waals surface area contributed by atoms with Crippen LogP contribution in [0.25, 0.3) is 0 Å². The van der Waals surface area contributed by atoms with Gasteiger partial charge >= 0.3 is 6.03 Å². The minimum absolute atomic E-state index is 0.160. The normalized spacial score (nSPS) is 15.2. The number of rotatable bonds is 6. The molecule has 6 heteroatoms. The quantitative estimate of drug-likeness (QED) is 0.849. The molecule has 0 spiro atoms. The van der Waals surface area contributed by atoms with Gasteiger partial charge in [-0.2, -0.15) is 0 Å². The standard InChI is InChI=1S/C19H27N5O/c1-2-22-13-15-24(16-14-22)18-8-4-3-7-17(18)21-19(25)20-9-12-23-10-5-6-11-23/h3-8,10-11H,2,9,12-16H2,1H3,(H2,20,21,25). The Morgan fingerprint density at radius 1 is 1.04 bits per heavy atom. The Kier molecular flexibility index (Phi) is 5.95. The molecule has 2 aromatic rings. The summed E-state index contributed by atoms with van der Waals surface area (Å²) in [5.41, 5.74) is 1.96. The van der Waals surface area contributed by atoms with E-state index < -0.39 is 0 Å². The molecule has 0 saturated carbocycles. The zero-order valence-electron chi connectivity index (χ0n) is 14.8. The number of benzene rings is 1. The Hall–Kier alpha value is -2.47. The summed E-state index contributed by atoms with van der Waals surface area (Å²) in [5, 5.41) is 5.92. The lowest BCUT2D eigenvalue weighted by molar-refractivity contribution is 0.251. The number of amides is 2. The van der Waals surface area contributed by atoms with Gasteiger partial charge in [-0.15, -0.1) is 0 Å². The van der Waals surface area contributed by atoms with Gasteiger partial charge in [-0.25, -0.2) is 4.79 Å². The van der Waals surface area contributed by atoms with Crippen molar-refractivity contribution in [3.63, 3.8) is 0 Å². The number of aromatic nitrogens is 1. The molecule has 2 heterocycles. The molecular weight excluding hydrogens is 314 g/mol. The number of hydrogen-bond acceptors (Lipinski definition) is 3. The van der Waals surface area contributed by atoms with Crippen molar-refractivity contribution in [3.8, 4) is 0 Å². The summed E-state index contributed by atoms with van der Waals surface area (Å²) in [6.07, 6.45) is 3.98. The van der Waals surface area contributed by atoms with Crippen molar-refractivity contribution >= 4 is 17.4 Å². The SMILES string of the molecule is CCN1CCN(c2ccccc2NC(=O)NCCn2cccc2)CC1. The van der Waals surface area contributed by atoms with Crippen molar-refractivity contribution in [1.29, 1.82) is 0 Å².